The van der Waals surface area contributed by atoms with E-state index < -0.39 is 0 Å². The summed E-state index contributed by atoms with van der Waals surface area (Å²) < 4.78 is 0. The van der Waals surface area contributed by atoms with Crippen molar-refractivity contribution in [2.45, 2.75) is 13.0 Å². The minimum Gasteiger partial charge on any atom is -0.348 e. The Kier molecular flexibility index (Phi) is 1.61. The van der Waals surface area contributed by atoms with Gasteiger partial charge in [0.25, 0.3) is 0 Å². The average molecular weight is 161 g/mol. The van der Waals surface area contributed by atoms with Gasteiger partial charge in [0.15, 0.2) is 0 Å². The Hall–Kier alpha value is -1.31. The van der Waals surface area contributed by atoms with Crippen LogP contribution in [0.25, 0.3) is 0 Å². The van der Waals surface area contributed by atoms with Crippen molar-refractivity contribution in [2.75, 3.05) is 0 Å². The third kappa shape index (κ3) is 0.998. The van der Waals surface area contributed by atoms with Crippen LogP contribution in [-0.4, -0.2) is 5.91 Å². The van der Waals surface area contributed by atoms with Gasteiger partial charge in [-0.2, -0.15) is 0 Å². The number of benzene rings is 1. The number of hydrogen-bond acceptors (Lipinski definition) is 1. The second-order valence-corrected chi connectivity index (χ2v) is 3.19. The zero-order valence-electron chi connectivity index (χ0n) is 6.95. The Morgan fingerprint density at radius 2 is 1.92 bits per heavy atom. The van der Waals surface area contributed by atoms with Gasteiger partial charge in [-0.05, 0) is 5.56 Å². The molecule has 0 radical (unpaired) electrons. The lowest BCUT2D eigenvalue weighted by atomic mass is 9.87. The van der Waals surface area contributed by atoms with Gasteiger partial charge < -0.3 is 5.32 Å². The van der Waals surface area contributed by atoms with Crippen molar-refractivity contribution in [3.63, 3.8) is 0 Å². The summed E-state index contributed by atoms with van der Waals surface area (Å²) in [4.78, 5) is 10.9. The van der Waals surface area contributed by atoms with E-state index in [0.29, 0.717) is 0 Å². The van der Waals surface area contributed by atoms with Gasteiger partial charge in [0, 0.05) is 0 Å². The maximum Gasteiger partial charge on any atom is 0.225 e. The van der Waals surface area contributed by atoms with E-state index in [2.05, 4.69) is 5.32 Å². The summed E-state index contributed by atoms with van der Waals surface area (Å²) in [7, 11) is 0. The van der Waals surface area contributed by atoms with E-state index >= 15 is 0 Å². The fraction of sp³-hybridized carbons (Fsp3) is 0.300. The van der Waals surface area contributed by atoms with Crippen LogP contribution in [0.2, 0.25) is 0 Å². The molecule has 1 aliphatic rings. The molecule has 1 aromatic carbocycles. The van der Waals surface area contributed by atoms with Gasteiger partial charge in [0.1, 0.15) is 0 Å². The molecule has 1 amide bonds. The van der Waals surface area contributed by atoms with Crippen LogP contribution in [0.5, 0.6) is 0 Å². The van der Waals surface area contributed by atoms with Gasteiger partial charge in [0.05, 0.1) is 12.0 Å². The van der Waals surface area contributed by atoms with Crippen LogP contribution in [0.15, 0.2) is 30.3 Å². The summed E-state index contributed by atoms with van der Waals surface area (Å²) in [6.07, 6.45) is 0. The van der Waals surface area contributed by atoms with Crippen LogP contribution < -0.4 is 5.32 Å². The van der Waals surface area contributed by atoms with Gasteiger partial charge in [-0.3, -0.25) is 4.79 Å². The summed E-state index contributed by atoms with van der Waals surface area (Å²) >= 11 is 0. The molecule has 0 spiro atoms. The highest BCUT2D eigenvalue weighted by Gasteiger charge is 2.35. The molecular weight excluding hydrogens is 150 g/mol. The maximum absolute atomic E-state index is 10.9. The molecule has 62 valence electrons. The highest BCUT2D eigenvalue weighted by molar-refractivity contribution is 5.85. The third-order valence-electron chi connectivity index (χ3n) is 2.37. The van der Waals surface area contributed by atoms with Crippen LogP contribution in [0.1, 0.15) is 18.5 Å². The molecule has 0 saturated carbocycles. The molecule has 1 saturated heterocycles. The quantitative estimate of drug-likeness (QED) is 0.621. The van der Waals surface area contributed by atoms with Gasteiger partial charge in [-0.25, -0.2) is 0 Å². The lowest BCUT2D eigenvalue weighted by Crippen LogP contribution is -2.49. The molecule has 2 heteroatoms. The molecule has 2 rings (SSSR count). The van der Waals surface area contributed by atoms with Crippen LogP contribution in [0, 0.1) is 5.92 Å². The van der Waals surface area contributed by atoms with Crippen molar-refractivity contribution in [2.24, 2.45) is 5.92 Å². The first-order valence-electron chi connectivity index (χ1n) is 4.14. The van der Waals surface area contributed by atoms with Gasteiger partial charge in [0.2, 0.25) is 5.91 Å². The van der Waals surface area contributed by atoms with Crippen LogP contribution >= 0.6 is 0 Å². The third-order valence-corrected chi connectivity index (χ3v) is 2.37. The summed E-state index contributed by atoms with van der Waals surface area (Å²) in [5.74, 6) is 0.288. The minimum absolute atomic E-state index is 0.132. The first kappa shape index (κ1) is 7.35. The normalized spacial score (nSPS) is 27.6. The Morgan fingerprint density at radius 1 is 1.25 bits per heavy atom. The molecule has 0 unspecified atom stereocenters. The molecule has 1 heterocycles. The first-order chi connectivity index (χ1) is 5.79. The molecular formula is C10H11NO. The van der Waals surface area contributed by atoms with Gasteiger partial charge in [-0.15, -0.1) is 0 Å². The van der Waals surface area contributed by atoms with E-state index in [9.17, 15) is 4.79 Å². The smallest absolute Gasteiger partial charge is 0.225 e. The lowest BCUT2D eigenvalue weighted by Gasteiger charge is -2.34. The summed E-state index contributed by atoms with van der Waals surface area (Å²) in [6.45, 7) is 1.95. The molecule has 2 nitrogen and oxygen atoms in total. The lowest BCUT2D eigenvalue weighted by molar-refractivity contribution is -0.134. The predicted molar refractivity (Wildman–Crippen MR) is 46.5 cm³/mol. The molecule has 1 N–H and O–H groups in total. The van der Waals surface area contributed by atoms with Gasteiger partial charge in [-0.1, -0.05) is 37.3 Å². The van der Waals surface area contributed by atoms with E-state index in [0.717, 1.165) is 0 Å². The Labute approximate surface area is 71.6 Å². The molecule has 0 aromatic heterocycles. The van der Waals surface area contributed by atoms with Crippen molar-refractivity contribution in [3.05, 3.63) is 35.9 Å². The topological polar surface area (TPSA) is 29.1 Å². The monoisotopic (exact) mass is 161 g/mol. The largest absolute Gasteiger partial charge is 0.348 e. The number of rotatable bonds is 1. The zero-order valence-corrected chi connectivity index (χ0v) is 6.95. The number of amides is 1. The summed E-state index contributed by atoms with van der Waals surface area (Å²) in [5, 5.41) is 2.87. The SMILES string of the molecule is C[C@H]1C(=O)N[C@@H]1c1ccccc1. The zero-order chi connectivity index (χ0) is 8.55. The molecule has 2 atom stereocenters. The Balaban J connectivity index is 2.18. The van der Waals surface area contributed by atoms with E-state index in [-0.39, 0.29) is 17.9 Å². The number of hydrogen-bond donors (Lipinski definition) is 1. The predicted octanol–water partition coefficient (Wildman–Crippen LogP) is 1.49. The molecule has 0 bridgehead atoms. The standard InChI is InChI=1S/C10H11NO/c1-7-9(11-10(7)12)8-5-3-2-4-6-8/h2-7,9H,1H3,(H,11,12)/t7-,9+/m1/s1. The fourth-order valence-corrected chi connectivity index (χ4v) is 1.50. The minimum atomic E-state index is 0.132. The molecule has 1 aliphatic heterocycles. The summed E-state index contributed by atoms with van der Waals surface area (Å²) in [5.41, 5.74) is 1.20. The average Bonchev–Trinajstić information content (AvgIpc) is 2.15. The summed E-state index contributed by atoms with van der Waals surface area (Å²) in [6, 6.07) is 10.3. The van der Waals surface area contributed by atoms with E-state index in [4.69, 9.17) is 0 Å². The Bertz CT molecular complexity index is 294. The van der Waals surface area contributed by atoms with Crippen molar-refractivity contribution in [1.82, 2.24) is 5.32 Å². The molecule has 12 heavy (non-hydrogen) atoms. The highest BCUT2D eigenvalue weighted by atomic mass is 16.2. The van der Waals surface area contributed by atoms with Crippen LogP contribution in [0.4, 0.5) is 0 Å². The fourth-order valence-electron chi connectivity index (χ4n) is 1.50. The Morgan fingerprint density at radius 3 is 2.42 bits per heavy atom. The second kappa shape index (κ2) is 2.63. The first-order valence-corrected chi connectivity index (χ1v) is 4.14. The van der Waals surface area contributed by atoms with E-state index in [1.807, 2.05) is 37.3 Å². The van der Waals surface area contributed by atoms with Crippen LogP contribution in [0.3, 0.4) is 0 Å². The van der Waals surface area contributed by atoms with Crippen molar-refractivity contribution in [1.29, 1.82) is 0 Å². The second-order valence-electron chi connectivity index (χ2n) is 3.19. The number of carbonyl (C=O) groups excluding carboxylic acids is 1. The van der Waals surface area contributed by atoms with Crippen molar-refractivity contribution in [3.8, 4) is 0 Å². The van der Waals surface area contributed by atoms with Crippen molar-refractivity contribution >= 4 is 5.91 Å². The van der Waals surface area contributed by atoms with Gasteiger partial charge >= 0.3 is 0 Å². The molecule has 0 aliphatic carbocycles. The maximum atomic E-state index is 10.9. The number of nitrogens with one attached hydrogen (secondary N) is 1. The number of carbonyl (C=O) groups is 1. The molecule has 1 aromatic rings. The van der Waals surface area contributed by atoms with E-state index in [1.54, 1.807) is 0 Å². The molecule has 1 fully saturated rings. The number of β-lactam (4-membered cyclic amide) rings is 1. The highest BCUT2D eigenvalue weighted by Crippen LogP contribution is 2.29. The van der Waals surface area contributed by atoms with Crippen molar-refractivity contribution < 1.29 is 4.79 Å². The van der Waals surface area contributed by atoms with Crippen LogP contribution in [-0.2, 0) is 4.79 Å². The van der Waals surface area contributed by atoms with E-state index in [1.165, 1.54) is 5.56 Å².